The lowest BCUT2D eigenvalue weighted by atomic mass is 10.3. The molecule has 0 spiro atoms. The molecule has 1 unspecified atom stereocenters. The molecule has 8 nitrogen and oxygen atoms in total. The Labute approximate surface area is 191 Å². The summed E-state index contributed by atoms with van der Waals surface area (Å²) in [6.45, 7) is 3.58. The maximum atomic E-state index is 12.8. The van der Waals surface area contributed by atoms with Gasteiger partial charge < -0.3 is 9.26 Å². The van der Waals surface area contributed by atoms with Crippen LogP contribution in [-0.2, 0) is 4.74 Å². The summed E-state index contributed by atoms with van der Waals surface area (Å²) in [7, 11) is 0. The highest BCUT2D eigenvalue weighted by Crippen LogP contribution is 2.32. The number of esters is 1. The SMILES string of the molecule is Cc1nn(-c2cccc(Cl)c2)c2sc(C(=O)OC(C)c3nc(-c4cccnc4)no3)cc12. The van der Waals surface area contributed by atoms with E-state index in [9.17, 15) is 4.79 Å². The number of carbonyl (C=O) groups excluding carboxylic acids is 1. The first-order chi connectivity index (χ1) is 15.5. The van der Waals surface area contributed by atoms with Crippen LogP contribution in [-0.4, -0.2) is 30.9 Å². The first kappa shape index (κ1) is 20.3. The summed E-state index contributed by atoms with van der Waals surface area (Å²) in [6, 6.07) is 12.8. The fourth-order valence-corrected chi connectivity index (χ4v) is 4.46. The standard InChI is InChI=1S/C22H16ClN5O3S/c1-12-17-10-18(32-21(17)28(26-12)16-7-3-6-15(23)9-16)22(29)30-13(2)20-25-19(27-31-20)14-5-4-8-24-11-14/h3-11,13H,1-2H3. The zero-order valence-electron chi connectivity index (χ0n) is 17.0. The van der Waals surface area contributed by atoms with E-state index in [0.29, 0.717) is 21.3 Å². The monoisotopic (exact) mass is 465 g/mol. The minimum atomic E-state index is -0.712. The highest BCUT2D eigenvalue weighted by atomic mass is 35.5. The summed E-state index contributed by atoms with van der Waals surface area (Å²) in [4.78, 5) is 22.5. The number of pyridine rings is 1. The summed E-state index contributed by atoms with van der Waals surface area (Å²) in [5.41, 5.74) is 2.34. The number of thiophene rings is 1. The Morgan fingerprint density at radius 2 is 2.12 bits per heavy atom. The number of benzene rings is 1. The zero-order chi connectivity index (χ0) is 22.2. The van der Waals surface area contributed by atoms with Crippen molar-refractivity contribution in [1.29, 1.82) is 0 Å². The quantitative estimate of drug-likeness (QED) is 0.320. The normalized spacial score (nSPS) is 12.2. The molecular formula is C22H16ClN5O3S. The smallest absolute Gasteiger partial charge is 0.349 e. The average molecular weight is 466 g/mol. The third-order valence-electron chi connectivity index (χ3n) is 4.79. The molecule has 5 rings (SSSR count). The minimum Gasteiger partial charge on any atom is -0.448 e. The molecule has 0 aliphatic heterocycles. The van der Waals surface area contributed by atoms with Crippen molar-refractivity contribution in [2.75, 3.05) is 0 Å². The molecule has 1 atom stereocenters. The van der Waals surface area contributed by atoms with Gasteiger partial charge in [-0.1, -0.05) is 22.8 Å². The van der Waals surface area contributed by atoms with Gasteiger partial charge >= 0.3 is 5.97 Å². The van der Waals surface area contributed by atoms with Crippen molar-refractivity contribution < 1.29 is 14.1 Å². The van der Waals surface area contributed by atoms with Crippen LogP contribution in [0, 0.1) is 6.92 Å². The lowest BCUT2D eigenvalue weighted by Gasteiger charge is -2.07. The van der Waals surface area contributed by atoms with Crippen LogP contribution in [0.5, 0.6) is 0 Å². The van der Waals surface area contributed by atoms with E-state index in [-0.39, 0.29) is 5.89 Å². The molecule has 0 fully saturated rings. The van der Waals surface area contributed by atoms with Crippen LogP contribution in [0.15, 0.2) is 59.4 Å². The first-order valence-electron chi connectivity index (χ1n) is 9.69. The van der Waals surface area contributed by atoms with Crippen LogP contribution in [0.25, 0.3) is 27.3 Å². The number of halogens is 1. The van der Waals surface area contributed by atoms with E-state index in [1.165, 1.54) is 11.3 Å². The Morgan fingerprint density at radius 3 is 2.91 bits per heavy atom. The van der Waals surface area contributed by atoms with E-state index in [1.807, 2.05) is 31.2 Å². The molecule has 0 N–H and O–H groups in total. The average Bonchev–Trinajstić information content (AvgIpc) is 3.51. The summed E-state index contributed by atoms with van der Waals surface area (Å²) >= 11 is 7.43. The molecule has 0 aliphatic carbocycles. The van der Waals surface area contributed by atoms with Gasteiger partial charge in [0.1, 0.15) is 9.71 Å². The summed E-state index contributed by atoms with van der Waals surface area (Å²) < 4.78 is 12.6. The number of hydrogen-bond donors (Lipinski definition) is 0. The molecular weight excluding hydrogens is 450 g/mol. The molecule has 160 valence electrons. The maximum Gasteiger partial charge on any atom is 0.349 e. The molecule has 10 heteroatoms. The Morgan fingerprint density at radius 1 is 1.25 bits per heavy atom. The van der Waals surface area contributed by atoms with Crippen LogP contribution in [0.2, 0.25) is 5.02 Å². The molecule has 0 saturated heterocycles. The second kappa shape index (κ2) is 8.18. The van der Waals surface area contributed by atoms with Crippen LogP contribution in [0.4, 0.5) is 0 Å². The molecule has 5 aromatic rings. The van der Waals surface area contributed by atoms with Crippen LogP contribution in [0.1, 0.15) is 34.3 Å². The van der Waals surface area contributed by atoms with E-state index < -0.39 is 12.1 Å². The van der Waals surface area contributed by atoms with Gasteiger partial charge in [0.05, 0.1) is 11.4 Å². The molecule has 1 aromatic carbocycles. The minimum absolute atomic E-state index is 0.208. The Hall–Kier alpha value is -3.56. The number of hydrogen-bond acceptors (Lipinski definition) is 8. The summed E-state index contributed by atoms with van der Waals surface area (Å²) in [5.74, 6) is 0.117. The largest absolute Gasteiger partial charge is 0.448 e. The van der Waals surface area contributed by atoms with E-state index in [2.05, 4.69) is 20.2 Å². The lowest BCUT2D eigenvalue weighted by Crippen LogP contribution is -2.08. The molecule has 4 heterocycles. The van der Waals surface area contributed by atoms with Gasteiger partial charge in [-0.15, -0.1) is 11.3 Å². The van der Waals surface area contributed by atoms with Crippen LogP contribution in [0.3, 0.4) is 0 Å². The van der Waals surface area contributed by atoms with E-state index in [4.69, 9.17) is 20.9 Å². The highest BCUT2D eigenvalue weighted by Gasteiger charge is 2.23. The molecule has 0 aliphatic rings. The van der Waals surface area contributed by atoms with Crippen molar-refractivity contribution in [3.8, 4) is 17.1 Å². The van der Waals surface area contributed by atoms with Gasteiger partial charge in [0.2, 0.25) is 5.82 Å². The number of aryl methyl sites for hydroxylation is 1. The fourth-order valence-electron chi connectivity index (χ4n) is 3.21. The lowest BCUT2D eigenvalue weighted by molar-refractivity contribution is 0.0271. The molecule has 0 saturated carbocycles. The van der Waals surface area contributed by atoms with Crippen molar-refractivity contribution in [1.82, 2.24) is 24.9 Å². The van der Waals surface area contributed by atoms with Gasteiger partial charge in [-0.25, -0.2) is 9.48 Å². The number of aromatic nitrogens is 5. The Kier molecular flexibility index (Phi) is 5.20. The van der Waals surface area contributed by atoms with Gasteiger partial charge in [-0.05, 0) is 50.2 Å². The van der Waals surface area contributed by atoms with Crippen molar-refractivity contribution in [2.24, 2.45) is 0 Å². The Bertz CT molecular complexity index is 1430. The van der Waals surface area contributed by atoms with Gasteiger partial charge in [0.25, 0.3) is 5.89 Å². The first-order valence-corrected chi connectivity index (χ1v) is 10.9. The van der Waals surface area contributed by atoms with Crippen molar-refractivity contribution >= 4 is 39.1 Å². The van der Waals surface area contributed by atoms with Crippen LogP contribution >= 0.6 is 22.9 Å². The number of carbonyl (C=O) groups is 1. The van der Waals surface area contributed by atoms with Gasteiger partial charge in [0, 0.05) is 28.4 Å². The summed E-state index contributed by atoms with van der Waals surface area (Å²) in [6.07, 6.45) is 2.58. The third-order valence-corrected chi connectivity index (χ3v) is 6.12. The molecule has 32 heavy (non-hydrogen) atoms. The van der Waals surface area contributed by atoms with E-state index >= 15 is 0 Å². The number of nitrogens with zero attached hydrogens (tertiary/aromatic N) is 5. The summed E-state index contributed by atoms with van der Waals surface area (Å²) in [5, 5.41) is 10.0. The van der Waals surface area contributed by atoms with Gasteiger partial charge in [-0.3, -0.25) is 4.98 Å². The number of fused-ring (bicyclic) bond motifs is 1. The van der Waals surface area contributed by atoms with Crippen LogP contribution < -0.4 is 0 Å². The van der Waals surface area contributed by atoms with Crippen molar-refractivity contribution in [3.63, 3.8) is 0 Å². The molecule has 0 amide bonds. The fraction of sp³-hybridized carbons (Fsp3) is 0.136. The van der Waals surface area contributed by atoms with E-state index in [1.54, 1.807) is 42.2 Å². The number of ether oxygens (including phenoxy) is 1. The predicted molar refractivity (Wildman–Crippen MR) is 120 cm³/mol. The highest BCUT2D eigenvalue weighted by molar-refractivity contribution is 7.20. The molecule has 0 radical (unpaired) electrons. The van der Waals surface area contributed by atoms with Crippen molar-refractivity contribution in [3.05, 3.63) is 76.3 Å². The van der Waals surface area contributed by atoms with Gasteiger partial charge in [-0.2, -0.15) is 10.1 Å². The van der Waals surface area contributed by atoms with Gasteiger partial charge in [0.15, 0.2) is 6.10 Å². The maximum absolute atomic E-state index is 12.8. The van der Waals surface area contributed by atoms with E-state index in [0.717, 1.165) is 21.6 Å². The van der Waals surface area contributed by atoms with Crippen molar-refractivity contribution in [2.45, 2.75) is 20.0 Å². The third kappa shape index (κ3) is 3.76. The predicted octanol–water partition coefficient (Wildman–Crippen LogP) is 5.41. The second-order valence-electron chi connectivity index (χ2n) is 7.05. The topological polar surface area (TPSA) is 95.9 Å². The molecule has 4 aromatic heterocycles. The Balaban J connectivity index is 1.38. The molecule has 0 bridgehead atoms. The zero-order valence-corrected chi connectivity index (χ0v) is 18.6. The number of rotatable bonds is 5. The second-order valence-corrected chi connectivity index (χ2v) is 8.52.